The summed E-state index contributed by atoms with van der Waals surface area (Å²) in [6, 6.07) is 10.4. The van der Waals surface area contributed by atoms with Crippen molar-refractivity contribution in [2.75, 3.05) is 56.1 Å². The van der Waals surface area contributed by atoms with Crippen LogP contribution in [0, 0.1) is 0 Å². The molecular weight excluding hydrogens is 442 g/mol. The van der Waals surface area contributed by atoms with Gasteiger partial charge in [-0.3, -0.25) is 4.79 Å². The molecular formula is C23H31N5O4S. The van der Waals surface area contributed by atoms with E-state index >= 15 is 0 Å². The zero-order valence-corrected chi connectivity index (χ0v) is 20.5. The summed E-state index contributed by atoms with van der Waals surface area (Å²) < 4.78 is 31.9. The molecule has 10 heteroatoms. The molecule has 0 spiro atoms. The molecule has 178 valence electrons. The molecule has 2 aliphatic rings. The van der Waals surface area contributed by atoms with Crippen molar-refractivity contribution in [1.82, 2.24) is 9.29 Å². The summed E-state index contributed by atoms with van der Waals surface area (Å²) in [5, 5.41) is 0. The van der Waals surface area contributed by atoms with Gasteiger partial charge in [-0.1, -0.05) is 6.07 Å². The minimum atomic E-state index is -3.55. The number of carbonyl (C=O) groups is 1. The number of hydrogen-bond donors (Lipinski definition) is 0. The standard InChI is InChI=1S/C23H31N5O4S/c1-16-23(29)27(5)20-9-10-21(24-22(20)28(16)17-11-13-32-14-12-17)26(4)18-7-6-8-19(15-18)33(30,31)25(2)3/h6-10,15-17H,11-14H2,1-5H3/t16-/m1/s1. The largest absolute Gasteiger partial charge is 0.381 e. The minimum Gasteiger partial charge on any atom is -0.381 e. The summed E-state index contributed by atoms with van der Waals surface area (Å²) >= 11 is 0. The molecule has 1 saturated heterocycles. The third-order valence-electron chi connectivity index (χ3n) is 6.46. The molecule has 9 nitrogen and oxygen atoms in total. The Bertz CT molecular complexity index is 1150. The van der Waals surface area contributed by atoms with E-state index in [1.54, 1.807) is 30.1 Å². The van der Waals surface area contributed by atoms with Crippen molar-refractivity contribution in [2.45, 2.75) is 36.7 Å². The van der Waals surface area contributed by atoms with Crippen LogP contribution in [0.25, 0.3) is 0 Å². The lowest BCUT2D eigenvalue weighted by molar-refractivity contribution is -0.119. The Morgan fingerprint density at radius 1 is 1.09 bits per heavy atom. The number of rotatable bonds is 5. The number of benzene rings is 1. The highest BCUT2D eigenvalue weighted by Crippen LogP contribution is 2.39. The van der Waals surface area contributed by atoms with Crippen molar-refractivity contribution in [3.8, 4) is 0 Å². The van der Waals surface area contributed by atoms with E-state index in [9.17, 15) is 13.2 Å². The zero-order chi connectivity index (χ0) is 23.9. The van der Waals surface area contributed by atoms with E-state index in [4.69, 9.17) is 9.72 Å². The first-order chi connectivity index (χ1) is 15.6. The molecule has 2 aliphatic heterocycles. The summed E-state index contributed by atoms with van der Waals surface area (Å²) in [6.07, 6.45) is 1.68. The molecule has 0 N–H and O–H groups in total. The SMILES string of the molecule is C[C@@H]1C(=O)N(C)c2ccc(N(C)c3cccc(S(=O)(=O)N(C)C)c3)nc2N1C1CCOCC1. The smallest absolute Gasteiger partial charge is 0.249 e. The highest BCUT2D eigenvalue weighted by atomic mass is 32.2. The molecule has 0 bridgehead atoms. The molecule has 0 saturated carbocycles. The lowest BCUT2D eigenvalue weighted by Gasteiger charge is -2.45. The molecule has 1 aromatic heterocycles. The summed E-state index contributed by atoms with van der Waals surface area (Å²) in [5.41, 5.74) is 1.47. The highest BCUT2D eigenvalue weighted by molar-refractivity contribution is 7.89. The van der Waals surface area contributed by atoms with Gasteiger partial charge < -0.3 is 19.4 Å². The number of nitrogens with zero attached hydrogens (tertiary/aromatic N) is 5. The Labute approximate surface area is 195 Å². The van der Waals surface area contributed by atoms with Crippen molar-refractivity contribution < 1.29 is 17.9 Å². The van der Waals surface area contributed by atoms with E-state index in [0.29, 0.717) is 24.7 Å². The predicted molar refractivity (Wildman–Crippen MR) is 129 cm³/mol. The zero-order valence-electron chi connectivity index (χ0n) is 19.7. The van der Waals surface area contributed by atoms with Crippen LogP contribution in [-0.4, -0.2) is 77.1 Å². The predicted octanol–water partition coefficient (Wildman–Crippen LogP) is 2.45. The van der Waals surface area contributed by atoms with Gasteiger partial charge in [-0.15, -0.1) is 0 Å². The van der Waals surface area contributed by atoms with Gasteiger partial charge in [0.15, 0.2) is 5.82 Å². The third kappa shape index (κ3) is 4.18. The van der Waals surface area contributed by atoms with Crippen LogP contribution in [-0.2, 0) is 19.6 Å². The highest BCUT2D eigenvalue weighted by Gasteiger charge is 2.39. The van der Waals surface area contributed by atoms with Crippen molar-refractivity contribution in [3.63, 3.8) is 0 Å². The molecule has 0 unspecified atom stereocenters. The lowest BCUT2D eigenvalue weighted by atomic mass is 10.0. The Morgan fingerprint density at radius 3 is 2.45 bits per heavy atom. The quantitative estimate of drug-likeness (QED) is 0.659. The number of ether oxygens (including phenoxy) is 1. The van der Waals surface area contributed by atoms with Crippen LogP contribution < -0.4 is 14.7 Å². The summed E-state index contributed by atoms with van der Waals surface area (Å²) in [5.74, 6) is 1.47. The number of sulfonamides is 1. The Kier molecular flexibility index (Phi) is 6.35. The van der Waals surface area contributed by atoms with E-state index in [1.165, 1.54) is 18.4 Å². The van der Waals surface area contributed by atoms with Gasteiger partial charge in [-0.25, -0.2) is 17.7 Å². The van der Waals surface area contributed by atoms with Crippen LogP contribution in [0.1, 0.15) is 19.8 Å². The fourth-order valence-corrected chi connectivity index (χ4v) is 5.36. The summed E-state index contributed by atoms with van der Waals surface area (Å²) in [7, 11) is 3.11. The van der Waals surface area contributed by atoms with Gasteiger partial charge in [0.1, 0.15) is 11.9 Å². The molecule has 2 aromatic rings. The number of pyridine rings is 1. The first-order valence-corrected chi connectivity index (χ1v) is 12.5. The minimum absolute atomic E-state index is 0.0403. The average molecular weight is 474 g/mol. The van der Waals surface area contributed by atoms with Gasteiger partial charge in [0.05, 0.1) is 10.6 Å². The van der Waals surface area contributed by atoms with E-state index in [1.807, 2.05) is 37.1 Å². The number of fused-ring (bicyclic) bond motifs is 1. The third-order valence-corrected chi connectivity index (χ3v) is 8.27. The maximum absolute atomic E-state index is 12.9. The van der Waals surface area contributed by atoms with Crippen molar-refractivity contribution in [2.24, 2.45) is 0 Å². The number of amides is 1. The molecule has 0 radical (unpaired) electrons. The van der Waals surface area contributed by atoms with Gasteiger partial charge >= 0.3 is 0 Å². The monoisotopic (exact) mass is 473 g/mol. The number of hydrogen-bond acceptors (Lipinski definition) is 7. The fourth-order valence-electron chi connectivity index (χ4n) is 4.42. The first-order valence-electron chi connectivity index (χ1n) is 11.0. The number of aromatic nitrogens is 1. The number of likely N-dealkylation sites (N-methyl/N-ethyl adjacent to an activating group) is 1. The molecule has 1 atom stereocenters. The molecule has 1 fully saturated rings. The molecule has 1 amide bonds. The van der Waals surface area contributed by atoms with Crippen molar-refractivity contribution in [1.29, 1.82) is 0 Å². The van der Waals surface area contributed by atoms with Gasteiger partial charge in [0.2, 0.25) is 15.9 Å². The maximum Gasteiger partial charge on any atom is 0.249 e. The van der Waals surface area contributed by atoms with Crippen LogP contribution in [0.15, 0.2) is 41.3 Å². The first kappa shape index (κ1) is 23.5. The van der Waals surface area contributed by atoms with Gasteiger partial charge in [0, 0.05) is 53.1 Å². The van der Waals surface area contributed by atoms with Gasteiger partial charge in [0.25, 0.3) is 0 Å². The van der Waals surface area contributed by atoms with Crippen LogP contribution in [0.2, 0.25) is 0 Å². The Hall–Kier alpha value is -2.69. The van der Waals surface area contributed by atoms with Crippen LogP contribution >= 0.6 is 0 Å². The number of carbonyl (C=O) groups excluding carboxylic acids is 1. The average Bonchev–Trinajstić information content (AvgIpc) is 2.82. The van der Waals surface area contributed by atoms with Crippen molar-refractivity contribution in [3.05, 3.63) is 36.4 Å². The van der Waals surface area contributed by atoms with Gasteiger partial charge in [-0.2, -0.15) is 0 Å². The second-order valence-corrected chi connectivity index (χ2v) is 10.8. The normalized spacial score (nSPS) is 19.7. The lowest BCUT2D eigenvalue weighted by Crippen LogP contribution is -2.56. The molecule has 0 aliphatic carbocycles. The summed E-state index contributed by atoms with van der Waals surface area (Å²) in [6.45, 7) is 3.25. The van der Waals surface area contributed by atoms with Crippen LogP contribution in [0.4, 0.5) is 23.0 Å². The van der Waals surface area contributed by atoms with E-state index in [-0.39, 0.29) is 22.9 Å². The summed E-state index contributed by atoms with van der Waals surface area (Å²) in [4.78, 5) is 23.8. The molecule has 33 heavy (non-hydrogen) atoms. The van der Waals surface area contributed by atoms with Crippen molar-refractivity contribution >= 4 is 38.9 Å². The number of anilines is 4. The van der Waals surface area contributed by atoms with Crippen LogP contribution in [0.5, 0.6) is 0 Å². The topological polar surface area (TPSA) is 86.3 Å². The van der Waals surface area contributed by atoms with E-state index in [2.05, 4.69) is 4.90 Å². The maximum atomic E-state index is 12.9. The fraction of sp³-hybridized carbons (Fsp3) is 0.478. The molecule has 1 aromatic carbocycles. The Morgan fingerprint density at radius 2 is 1.79 bits per heavy atom. The molecule has 4 rings (SSSR count). The van der Waals surface area contributed by atoms with E-state index < -0.39 is 10.0 Å². The van der Waals surface area contributed by atoms with E-state index in [0.717, 1.165) is 24.3 Å². The van der Waals surface area contributed by atoms with Gasteiger partial charge in [-0.05, 0) is 50.1 Å². The molecule has 3 heterocycles. The van der Waals surface area contributed by atoms with Crippen LogP contribution in [0.3, 0.4) is 0 Å². The second-order valence-electron chi connectivity index (χ2n) is 8.68. The second kappa shape index (κ2) is 8.92. The Balaban J connectivity index is 1.74.